The van der Waals surface area contributed by atoms with Crippen LogP contribution in [0.2, 0.25) is 0 Å². The molecule has 2 nitrogen and oxygen atoms in total. The molecule has 1 amide bonds. The van der Waals surface area contributed by atoms with Gasteiger partial charge in [0.25, 0.3) is 0 Å². The van der Waals surface area contributed by atoms with Gasteiger partial charge in [-0.3, -0.25) is 4.79 Å². The molecule has 0 heterocycles. The minimum atomic E-state index is 0.0991. The van der Waals surface area contributed by atoms with Crippen molar-refractivity contribution in [3.63, 3.8) is 0 Å². The van der Waals surface area contributed by atoms with Crippen LogP contribution in [0, 0.1) is 13.8 Å². The van der Waals surface area contributed by atoms with Crippen LogP contribution >= 0.6 is 0 Å². The van der Waals surface area contributed by atoms with Gasteiger partial charge < -0.3 is 5.32 Å². The number of carbonyl (C=O) groups is 1. The average Bonchev–Trinajstić information content (AvgIpc) is 2.29. The van der Waals surface area contributed by atoms with Gasteiger partial charge in [-0.25, -0.2) is 0 Å². The fourth-order valence-electron chi connectivity index (χ4n) is 2.11. The van der Waals surface area contributed by atoms with E-state index in [0.29, 0.717) is 6.42 Å². The van der Waals surface area contributed by atoms with Crippen LogP contribution in [0.25, 0.3) is 0 Å². The first kappa shape index (κ1) is 14.8. The summed E-state index contributed by atoms with van der Waals surface area (Å²) in [7, 11) is 5.76. The molecule has 0 aliphatic carbocycles. The largest absolute Gasteiger partial charge is 0.326 e. The molecule has 3 heteroatoms. The zero-order valence-electron chi connectivity index (χ0n) is 11.7. The molecule has 1 aromatic carbocycles. The highest BCUT2D eigenvalue weighted by atomic mass is 16.1. The average molecular weight is 243 g/mol. The number of aryl methyl sites for hydroxylation is 2. The summed E-state index contributed by atoms with van der Waals surface area (Å²) in [5, 5.41) is 2.99. The Labute approximate surface area is 112 Å². The molecule has 0 fully saturated rings. The Balaban J connectivity index is 2.54. The van der Waals surface area contributed by atoms with Crippen molar-refractivity contribution in [2.45, 2.75) is 52.9 Å². The summed E-state index contributed by atoms with van der Waals surface area (Å²) < 4.78 is 0. The maximum atomic E-state index is 11.8. The Morgan fingerprint density at radius 2 is 1.78 bits per heavy atom. The Hall–Kier alpha value is -1.25. The lowest BCUT2D eigenvalue weighted by atomic mass is 9.91. The molecule has 0 saturated carbocycles. The highest BCUT2D eigenvalue weighted by molar-refractivity contribution is 6.32. The minimum Gasteiger partial charge on any atom is -0.326 e. The van der Waals surface area contributed by atoms with Crippen molar-refractivity contribution in [1.29, 1.82) is 0 Å². The number of hydrogen-bond donors (Lipinski definition) is 1. The number of amides is 1. The van der Waals surface area contributed by atoms with Gasteiger partial charge in [0, 0.05) is 12.1 Å². The molecule has 2 radical (unpaired) electrons. The third-order valence-electron chi connectivity index (χ3n) is 3.08. The second kappa shape index (κ2) is 7.25. The summed E-state index contributed by atoms with van der Waals surface area (Å²) in [6.07, 6.45) is 5.09. The number of rotatable bonds is 6. The zero-order valence-corrected chi connectivity index (χ0v) is 11.7. The molecule has 1 N–H and O–H groups in total. The van der Waals surface area contributed by atoms with Crippen molar-refractivity contribution in [1.82, 2.24) is 0 Å². The normalized spacial score (nSPS) is 10.4. The molecule has 0 spiro atoms. The van der Waals surface area contributed by atoms with E-state index in [2.05, 4.69) is 12.2 Å². The van der Waals surface area contributed by atoms with Gasteiger partial charge in [-0.1, -0.05) is 43.8 Å². The van der Waals surface area contributed by atoms with E-state index < -0.39 is 0 Å². The molecule has 0 atom stereocenters. The van der Waals surface area contributed by atoms with Gasteiger partial charge in [-0.15, -0.1) is 0 Å². The Kier molecular flexibility index (Phi) is 5.96. The molecular formula is C15H22BNO. The van der Waals surface area contributed by atoms with Crippen LogP contribution in [-0.4, -0.2) is 13.8 Å². The smallest absolute Gasteiger partial charge is 0.224 e. The van der Waals surface area contributed by atoms with Gasteiger partial charge >= 0.3 is 0 Å². The minimum absolute atomic E-state index is 0.0991. The summed E-state index contributed by atoms with van der Waals surface area (Å²) >= 11 is 0. The van der Waals surface area contributed by atoms with E-state index in [1.54, 1.807) is 0 Å². The van der Waals surface area contributed by atoms with Crippen LogP contribution in [0.1, 0.15) is 50.2 Å². The van der Waals surface area contributed by atoms with Crippen LogP contribution in [0.3, 0.4) is 0 Å². The Bertz CT molecular complexity index is 392. The molecule has 0 aliphatic rings. The summed E-state index contributed by atoms with van der Waals surface area (Å²) in [6.45, 7) is 6.10. The van der Waals surface area contributed by atoms with E-state index in [-0.39, 0.29) is 5.91 Å². The third kappa shape index (κ3) is 4.56. The number of carbonyl (C=O) groups excluding carboxylic acids is 1. The van der Waals surface area contributed by atoms with Crippen LogP contribution in [-0.2, 0) is 4.79 Å². The van der Waals surface area contributed by atoms with E-state index in [1.165, 1.54) is 12.8 Å². The molecule has 96 valence electrons. The van der Waals surface area contributed by atoms with Crippen molar-refractivity contribution in [2.75, 3.05) is 5.32 Å². The summed E-state index contributed by atoms with van der Waals surface area (Å²) in [5.41, 5.74) is 3.69. The molecule has 0 aromatic heterocycles. The van der Waals surface area contributed by atoms with Gasteiger partial charge in [0.05, 0.1) is 0 Å². The first-order valence-electron chi connectivity index (χ1n) is 6.71. The lowest BCUT2D eigenvalue weighted by molar-refractivity contribution is -0.116. The molecule has 0 saturated heterocycles. The van der Waals surface area contributed by atoms with E-state index in [1.807, 2.05) is 26.0 Å². The zero-order chi connectivity index (χ0) is 13.5. The molecular weight excluding hydrogens is 221 g/mol. The van der Waals surface area contributed by atoms with Crippen molar-refractivity contribution < 1.29 is 4.79 Å². The maximum Gasteiger partial charge on any atom is 0.224 e. The number of nitrogens with one attached hydrogen (secondary N) is 1. The topological polar surface area (TPSA) is 29.1 Å². The summed E-state index contributed by atoms with van der Waals surface area (Å²) in [4.78, 5) is 11.8. The molecule has 0 aliphatic heterocycles. The highest BCUT2D eigenvalue weighted by Crippen LogP contribution is 2.18. The number of anilines is 1. The van der Waals surface area contributed by atoms with Crippen molar-refractivity contribution in [3.8, 4) is 0 Å². The molecule has 18 heavy (non-hydrogen) atoms. The Morgan fingerprint density at radius 1 is 1.17 bits per heavy atom. The summed E-state index contributed by atoms with van der Waals surface area (Å²) in [5.74, 6) is 0.0991. The van der Waals surface area contributed by atoms with E-state index in [4.69, 9.17) is 7.85 Å². The van der Waals surface area contributed by atoms with Crippen LogP contribution < -0.4 is 10.8 Å². The molecule has 0 unspecified atom stereocenters. The second-order valence-electron chi connectivity index (χ2n) is 4.89. The number of unbranched alkanes of at least 4 members (excludes halogenated alkanes) is 3. The van der Waals surface area contributed by atoms with Crippen LogP contribution in [0.5, 0.6) is 0 Å². The lowest BCUT2D eigenvalue weighted by Crippen LogP contribution is -2.15. The first-order chi connectivity index (χ1) is 8.54. The van der Waals surface area contributed by atoms with E-state index in [9.17, 15) is 4.79 Å². The highest BCUT2D eigenvalue weighted by Gasteiger charge is 2.07. The maximum absolute atomic E-state index is 11.8. The summed E-state index contributed by atoms with van der Waals surface area (Å²) in [6, 6.07) is 3.78. The number of hydrogen-bond acceptors (Lipinski definition) is 1. The first-order valence-corrected chi connectivity index (χ1v) is 6.71. The number of benzene rings is 1. The predicted octanol–water partition coefficient (Wildman–Crippen LogP) is 3.01. The SMILES string of the molecule is [B]c1cc(C)c(NC(=O)CCCCCC)c(C)c1. The van der Waals surface area contributed by atoms with Crippen LogP contribution in [0.15, 0.2) is 12.1 Å². The van der Waals surface area contributed by atoms with E-state index in [0.717, 1.165) is 35.1 Å². The fraction of sp³-hybridized carbons (Fsp3) is 0.533. The predicted molar refractivity (Wildman–Crippen MR) is 78.7 cm³/mol. The quantitative estimate of drug-likeness (QED) is 0.604. The van der Waals surface area contributed by atoms with Crippen molar-refractivity contribution in [3.05, 3.63) is 23.3 Å². The molecule has 1 aromatic rings. The van der Waals surface area contributed by atoms with Crippen LogP contribution in [0.4, 0.5) is 5.69 Å². The van der Waals surface area contributed by atoms with Gasteiger partial charge in [-0.2, -0.15) is 0 Å². The van der Waals surface area contributed by atoms with Gasteiger partial charge in [0.15, 0.2) is 0 Å². The molecule has 1 rings (SSSR count). The fourth-order valence-corrected chi connectivity index (χ4v) is 2.11. The van der Waals surface area contributed by atoms with E-state index >= 15 is 0 Å². The molecule has 0 bridgehead atoms. The van der Waals surface area contributed by atoms with Gasteiger partial charge in [0.2, 0.25) is 5.91 Å². The van der Waals surface area contributed by atoms with Crippen molar-refractivity contribution in [2.24, 2.45) is 0 Å². The monoisotopic (exact) mass is 243 g/mol. The third-order valence-corrected chi connectivity index (χ3v) is 3.08. The second-order valence-corrected chi connectivity index (χ2v) is 4.89. The Morgan fingerprint density at radius 3 is 2.33 bits per heavy atom. The van der Waals surface area contributed by atoms with Gasteiger partial charge in [-0.05, 0) is 31.4 Å². The lowest BCUT2D eigenvalue weighted by Gasteiger charge is -2.13. The van der Waals surface area contributed by atoms with Gasteiger partial charge in [0.1, 0.15) is 7.85 Å². The standard InChI is InChI=1S/C15H22BNO/c1-4-5-6-7-8-14(18)17-15-11(2)9-13(16)10-12(15)3/h9-10H,4-8H2,1-3H3,(H,17,18). The van der Waals surface area contributed by atoms with Crippen molar-refractivity contribution >= 4 is 24.9 Å².